The Morgan fingerprint density at radius 2 is 1.93 bits per heavy atom. The summed E-state index contributed by atoms with van der Waals surface area (Å²) in [6.07, 6.45) is 0. The fraction of sp³-hybridized carbons (Fsp3) is 0.538. The van der Waals surface area contributed by atoms with E-state index in [-0.39, 0.29) is 5.54 Å². The first kappa shape index (κ1) is 12.2. The van der Waals surface area contributed by atoms with Gasteiger partial charge in [-0.1, -0.05) is 23.8 Å². The molecule has 0 bridgehead atoms. The van der Waals surface area contributed by atoms with Gasteiger partial charge in [0.1, 0.15) is 0 Å². The van der Waals surface area contributed by atoms with Crippen LogP contribution in [0.2, 0.25) is 0 Å². The van der Waals surface area contributed by atoms with Crippen molar-refractivity contribution < 1.29 is 0 Å². The van der Waals surface area contributed by atoms with Crippen LogP contribution in [-0.2, 0) is 6.54 Å². The Balaban J connectivity index is 2.54. The molecule has 0 aromatic heterocycles. The van der Waals surface area contributed by atoms with Crippen LogP contribution in [0.4, 0.5) is 0 Å². The molecule has 1 aromatic carbocycles. The van der Waals surface area contributed by atoms with Crippen LogP contribution in [0, 0.1) is 13.8 Å². The Morgan fingerprint density at radius 1 is 1.27 bits per heavy atom. The molecule has 0 saturated heterocycles. The van der Waals surface area contributed by atoms with E-state index in [2.05, 4.69) is 37.4 Å². The summed E-state index contributed by atoms with van der Waals surface area (Å²) in [5.41, 5.74) is 9.77. The van der Waals surface area contributed by atoms with E-state index < -0.39 is 0 Å². The predicted octanol–water partition coefficient (Wildman–Crippen LogP) is 2.13. The maximum atomic E-state index is 5.91. The number of hydrogen-bond donors (Lipinski definition) is 2. The van der Waals surface area contributed by atoms with Crippen LogP contribution in [0.5, 0.6) is 0 Å². The van der Waals surface area contributed by atoms with Crippen LogP contribution in [0.3, 0.4) is 0 Å². The third kappa shape index (κ3) is 4.45. The minimum absolute atomic E-state index is 0.141. The van der Waals surface area contributed by atoms with E-state index in [1.54, 1.807) is 0 Å². The molecule has 0 unspecified atom stereocenters. The normalized spacial score (nSPS) is 11.8. The second-order valence-electron chi connectivity index (χ2n) is 5.02. The summed E-state index contributed by atoms with van der Waals surface area (Å²) in [6.45, 7) is 10.1. The molecule has 0 spiro atoms. The number of hydrogen-bond acceptors (Lipinski definition) is 2. The van der Waals surface area contributed by atoms with Crippen LogP contribution >= 0.6 is 0 Å². The zero-order valence-corrected chi connectivity index (χ0v) is 10.2. The summed E-state index contributed by atoms with van der Waals surface area (Å²) in [7, 11) is 0. The van der Waals surface area contributed by atoms with Crippen LogP contribution in [-0.4, -0.2) is 12.1 Å². The molecule has 1 aromatic rings. The summed E-state index contributed by atoms with van der Waals surface area (Å²) in [4.78, 5) is 0. The van der Waals surface area contributed by atoms with Crippen molar-refractivity contribution in [2.45, 2.75) is 39.8 Å². The third-order valence-electron chi connectivity index (χ3n) is 2.40. The molecule has 0 heterocycles. The summed E-state index contributed by atoms with van der Waals surface area (Å²) in [5, 5.41) is 3.38. The summed E-state index contributed by atoms with van der Waals surface area (Å²) in [6, 6.07) is 6.54. The zero-order valence-electron chi connectivity index (χ0n) is 10.2. The molecule has 0 atom stereocenters. The fourth-order valence-electron chi connectivity index (χ4n) is 1.51. The zero-order chi connectivity index (χ0) is 11.5. The van der Waals surface area contributed by atoms with Crippen LogP contribution in [0.1, 0.15) is 30.5 Å². The van der Waals surface area contributed by atoms with E-state index in [9.17, 15) is 0 Å². The smallest absolute Gasteiger partial charge is 0.0223 e. The Hall–Kier alpha value is -0.860. The molecule has 0 saturated carbocycles. The molecule has 0 aliphatic rings. The molecule has 84 valence electrons. The van der Waals surface area contributed by atoms with Gasteiger partial charge >= 0.3 is 0 Å². The van der Waals surface area contributed by atoms with Gasteiger partial charge in [0, 0.05) is 18.6 Å². The molecule has 0 aliphatic heterocycles. The fourth-order valence-corrected chi connectivity index (χ4v) is 1.51. The van der Waals surface area contributed by atoms with Gasteiger partial charge in [-0.2, -0.15) is 0 Å². The molecule has 1 rings (SSSR count). The molecular formula is C13H22N2. The van der Waals surface area contributed by atoms with E-state index in [0.29, 0.717) is 0 Å². The second kappa shape index (κ2) is 4.77. The standard InChI is InChI=1S/C13H22N2/c1-10-5-6-11(2)12(7-10)8-15-9-13(3,4)14/h5-7,15H,8-9,14H2,1-4H3. The highest BCUT2D eigenvalue weighted by Gasteiger charge is 2.09. The van der Waals surface area contributed by atoms with Gasteiger partial charge in [-0.3, -0.25) is 0 Å². The topological polar surface area (TPSA) is 38.0 Å². The number of aryl methyl sites for hydroxylation is 2. The second-order valence-corrected chi connectivity index (χ2v) is 5.02. The van der Waals surface area contributed by atoms with Gasteiger partial charge < -0.3 is 11.1 Å². The molecule has 2 nitrogen and oxygen atoms in total. The van der Waals surface area contributed by atoms with Crippen molar-refractivity contribution in [2.75, 3.05) is 6.54 Å². The van der Waals surface area contributed by atoms with Gasteiger partial charge in [0.2, 0.25) is 0 Å². The highest BCUT2D eigenvalue weighted by molar-refractivity contribution is 5.30. The lowest BCUT2D eigenvalue weighted by atomic mass is 10.0. The van der Waals surface area contributed by atoms with Gasteiger partial charge in [0.05, 0.1) is 0 Å². The highest BCUT2D eigenvalue weighted by atomic mass is 14.9. The van der Waals surface area contributed by atoms with E-state index in [1.807, 2.05) is 13.8 Å². The van der Waals surface area contributed by atoms with E-state index in [4.69, 9.17) is 5.73 Å². The minimum Gasteiger partial charge on any atom is -0.324 e. The lowest BCUT2D eigenvalue weighted by molar-refractivity contribution is 0.466. The lowest BCUT2D eigenvalue weighted by Crippen LogP contribution is -2.42. The van der Waals surface area contributed by atoms with Gasteiger partial charge in [-0.05, 0) is 38.8 Å². The van der Waals surface area contributed by atoms with Crippen LogP contribution in [0.25, 0.3) is 0 Å². The van der Waals surface area contributed by atoms with Crippen LogP contribution < -0.4 is 11.1 Å². The van der Waals surface area contributed by atoms with Crippen molar-refractivity contribution in [3.05, 3.63) is 34.9 Å². The average molecular weight is 206 g/mol. The Bertz CT molecular complexity index is 324. The van der Waals surface area contributed by atoms with Gasteiger partial charge in [0.15, 0.2) is 0 Å². The van der Waals surface area contributed by atoms with E-state index >= 15 is 0 Å². The summed E-state index contributed by atoms with van der Waals surface area (Å²) < 4.78 is 0. The molecule has 2 heteroatoms. The Labute approximate surface area is 92.9 Å². The molecule has 3 N–H and O–H groups in total. The van der Waals surface area contributed by atoms with Crippen molar-refractivity contribution in [3.63, 3.8) is 0 Å². The summed E-state index contributed by atoms with van der Waals surface area (Å²) in [5.74, 6) is 0. The average Bonchev–Trinajstić information content (AvgIpc) is 2.09. The lowest BCUT2D eigenvalue weighted by Gasteiger charge is -2.19. The van der Waals surface area contributed by atoms with Gasteiger partial charge in [-0.25, -0.2) is 0 Å². The van der Waals surface area contributed by atoms with Gasteiger partial charge in [-0.15, -0.1) is 0 Å². The van der Waals surface area contributed by atoms with E-state index in [1.165, 1.54) is 16.7 Å². The maximum absolute atomic E-state index is 5.91. The van der Waals surface area contributed by atoms with Crippen molar-refractivity contribution in [3.8, 4) is 0 Å². The number of rotatable bonds is 4. The van der Waals surface area contributed by atoms with Gasteiger partial charge in [0.25, 0.3) is 0 Å². The van der Waals surface area contributed by atoms with Crippen LogP contribution in [0.15, 0.2) is 18.2 Å². The monoisotopic (exact) mass is 206 g/mol. The molecule has 0 aliphatic carbocycles. The predicted molar refractivity (Wildman–Crippen MR) is 65.9 cm³/mol. The number of nitrogens with two attached hydrogens (primary N) is 1. The first-order chi connectivity index (χ1) is 6.88. The minimum atomic E-state index is -0.141. The quantitative estimate of drug-likeness (QED) is 0.792. The molecule has 0 fully saturated rings. The SMILES string of the molecule is Cc1ccc(C)c(CNCC(C)(C)N)c1. The first-order valence-corrected chi connectivity index (χ1v) is 5.44. The number of nitrogens with one attached hydrogen (secondary N) is 1. The number of benzene rings is 1. The third-order valence-corrected chi connectivity index (χ3v) is 2.40. The van der Waals surface area contributed by atoms with Crippen molar-refractivity contribution in [1.82, 2.24) is 5.32 Å². The maximum Gasteiger partial charge on any atom is 0.0223 e. The van der Waals surface area contributed by atoms with Crippen molar-refractivity contribution in [2.24, 2.45) is 5.73 Å². The summed E-state index contributed by atoms with van der Waals surface area (Å²) >= 11 is 0. The highest BCUT2D eigenvalue weighted by Crippen LogP contribution is 2.10. The molecule has 0 radical (unpaired) electrons. The molecule has 15 heavy (non-hydrogen) atoms. The van der Waals surface area contributed by atoms with Crippen molar-refractivity contribution >= 4 is 0 Å². The Morgan fingerprint density at radius 3 is 2.53 bits per heavy atom. The largest absolute Gasteiger partial charge is 0.324 e. The Kier molecular flexibility index (Phi) is 3.89. The van der Waals surface area contributed by atoms with E-state index in [0.717, 1.165) is 13.1 Å². The molecular weight excluding hydrogens is 184 g/mol. The first-order valence-electron chi connectivity index (χ1n) is 5.44. The molecule has 0 amide bonds. The van der Waals surface area contributed by atoms with Crippen molar-refractivity contribution in [1.29, 1.82) is 0 Å².